The molecule has 0 aliphatic rings. The third-order valence-electron chi connectivity index (χ3n) is 2.59. The monoisotopic (exact) mass is 283 g/mol. The Morgan fingerprint density at radius 1 is 1.28 bits per heavy atom. The van der Waals surface area contributed by atoms with Crippen LogP contribution in [0.4, 0.5) is 17.6 Å². The van der Waals surface area contributed by atoms with Gasteiger partial charge in [0, 0.05) is 9.75 Å². The Balaban J connectivity index is 2.97. The van der Waals surface area contributed by atoms with Gasteiger partial charge in [-0.25, -0.2) is 8.78 Å². The van der Waals surface area contributed by atoms with Crippen LogP contribution in [0.1, 0.15) is 36.1 Å². The van der Waals surface area contributed by atoms with Crippen molar-refractivity contribution in [2.45, 2.75) is 45.1 Å². The average Bonchev–Trinajstić information content (AvgIpc) is 2.77. The van der Waals surface area contributed by atoms with Crippen molar-refractivity contribution in [1.29, 1.82) is 0 Å². The van der Waals surface area contributed by atoms with Gasteiger partial charge in [-0.05, 0) is 31.5 Å². The van der Waals surface area contributed by atoms with E-state index in [-0.39, 0.29) is 11.4 Å². The van der Waals surface area contributed by atoms with Crippen LogP contribution in [0.25, 0.3) is 0 Å². The number of nitrogens with one attached hydrogen (secondary N) is 1. The van der Waals surface area contributed by atoms with Crippen LogP contribution in [-0.4, -0.2) is 18.9 Å². The molecule has 0 bridgehead atoms. The lowest BCUT2D eigenvalue weighted by Crippen LogP contribution is -2.42. The normalized spacial score (nSPS) is 14.2. The van der Waals surface area contributed by atoms with Crippen molar-refractivity contribution in [2.24, 2.45) is 0 Å². The maximum Gasteiger partial charge on any atom is 0.327 e. The van der Waals surface area contributed by atoms with Crippen LogP contribution in [0.5, 0.6) is 0 Å². The first-order valence-corrected chi connectivity index (χ1v) is 6.73. The summed E-state index contributed by atoms with van der Waals surface area (Å²) in [7, 11) is 0. The van der Waals surface area contributed by atoms with Crippen LogP contribution < -0.4 is 5.32 Å². The Labute approximate surface area is 108 Å². The highest BCUT2D eigenvalue weighted by atomic mass is 32.1. The number of alkyl halides is 4. The summed E-state index contributed by atoms with van der Waals surface area (Å²) in [6.07, 6.45) is -2.34. The molecule has 1 aromatic heterocycles. The predicted molar refractivity (Wildman–Crippen MR) is 65.7 cm³/mol. The molecule has 0 saturated heterocycles. The summed E-state index contributed by atoms with van der Waals surface area (Å²) in [5.41, 5.74) is 0. The van der Waals surface area contributed by atoms with Gasteiger partial charge in [0.1, 0.15) is 6.04 Å². The van der Waals surface area contributed by atoms with Gasteiger partial charge in [0.15, 0.2) is 0 Å². The highest BCUT2D eigenvalue weighted by Gasteiger charge is 2.49. The minimum absolute atomic E-state index is 0.269. The van der Waals surface area contributed by atoms with Gasteiger partial charge in [-0.15, -0.1) is 11.3 Å². The summed E-state index contributed by atoms with van der Waals surface area (Å²) in [4.78, 5) is 1.18. The number of hydrogen-bond acceptors (Lipinski definition) is 2. The molecule has 1 atom stereocenters. The van der Waals surface area contributed by atoms with Gasteiger partial charge in [-0.2, -0.15) is 8.78 Å². The van der Waals surface area contributed by atoms with Gasteiger partial charge in [0.2, 0.25) is 0 Å². The minimum Gasteiger partial charge on any atom is -0.304 e. The van der Waals surface area contributed by atoms with Crippen LogP contribution in [0.3, 0.4) is 0 Å². The molecule has 0 spiro atoms. The molecule has 1 heterocycles. The zero-order chi connectivity index (χ0) is 13.8. The Morgan fingerprint density at radius 3 is 2.39 bits per heavy atom. The molecule has 0 amide bonds. The van der Waals surface area contributed by atoms with Crippen molar-refractivity contribution < 1.29 is 17.6 Å². The largest absolute Gasteiger partial charge is 0.327 e. The molecule has 18 heavy (non-hydrogen) atoms. The lowest BCUT2D eigenvalue weighted by Gasteiger charge is -2.26. The van der Waals surface area contributed by atoms with Crippen LogP contribution in [-0.2, 0) is 6.42 Å². The second kappa shape index (κ2) is 6.52. The standard InChI is InChI=1S/C12H17F4NS/c1-3-7-17-10(12(15,16)11(13)14)9-6-5-8(4-2)18-9/h5-6,10-11,17H,3-4,7H2,1-2H3. The summed E-state index contributed by atoms with van der Waals surface area (Å²) < 4.78 is 52.0. The Hall–Kier alpha value is -0.620. The van der Waals surface area contributed by atoms with Crippen LogP contribution in [0.15, 0.2) is 12.1 Å². The third kappa shape index (κ3) is 3.45. The molecule has 1 unspecified atom stereocenters. The Morgan fingerprint density at radius 2 is 1.94 bits per heavy atom. The zero-order valence-corrected chi connectivity index (χ0v) is 11.2. The fraction of sp³-hybridized carbons (Fsp3) is 0.667. The summed E-state index contributed by atoms with van der Waals surface area (Å²) >= 11 is 1.16. The quantitative estimate of drug-likeness (QED) is 0.738. The van der Waals surface area contributed by atoms with Crippen molar-refractivity contribution in [1.82, 2.24) is 5.32 Å². The molecule has 0 aliphatic heterocycles. The fourth-order valence-corrected chi connectivity index (χ4v) is 2.66. The van der Waals surface area contributed by atoms with Crippen LogP contribution in [0, 0.1) is 0 Å². The number of thiophene rings is 1. The molecule has 1 rings (SSSR count). The predicted octanol–water partition coefficient (Wildman–Crippen LogP) is 4.25. The molecule has 104 valence electrons. The molecule has 6 heteroatoms. The van der Waals surface area contributed by atoms with E-state index in [1.54, 1.807) is 13.0 Å². The van der Waals surface area contributed by atoms with Gasteiger partial charge >= 0.3 is 12.3 Å². The highest BCUT2D eigenvalue weighted by Crippen LogP contribution is 2.39. The molecule has 0 aromatic carbocycles. The zero-order valence-electron chi connectivity index (χ0n) is 10.4. The smallest absolute Gasteiger partial charge is 0.304 e. The first-order chi connectivity index (χ1) is 8.43. The molecule has 1 nitrogen and oxygen atoms in total. The van der Waals surface area contributed by atoms with Crippen molar-refractivity contribution >= 4 is 11.3 Å². The molecule has 0 saturated carbocycles. The number of hydrogen-bond donors (Lipinski definition) is 1. The van der Waals surface area contributed by atoms with E-state index in [4.69, 9.17) is 0 Å². The summed E-state index contributed by atoms with van der Waals surface area (Å²) in [5.74, 6) is -4.05. The molecule has 0 fully saturated rings. The van der Waals surface area contributed by atoms with E-state index < -0.39 is 18.4 Å². The van der Waals surface area contributed by atoms with Crippen LogP contribution in [0.2, 0.25) is 0 Å². The van der Waals surface area contributed by atoms with Crippen molar-refractivity contribution in [2.75, 3.05) is 6.54 Å². The summed E-state index contributed by atoms with van der Waals surface area (Å²) in [6.45, 7) is 3.98. The number of rotatable bonds is 7. The van der Waals surface area contributed by atoms with E-state index in [1.165, 1.54) is 6.07 Å². The summed E-state index contributed by atoms with van der Waals surface area (Å²) in [6, 6.07) is 1.61. The first-order valence-electron chi connectivity index (χ1n) is 5.91. The van der Waals surface area contributed by atoms with Crippen molar-refractivity contribution in [3.63, 3.8) is 0 Å². The van der Waals surface area contributed by atoms with Crippen molar-refractivity contribution in [3.8, 4) is 0 Å². The minimum atomic E-state index is -4.05. The van der Waals surface area contributed by atoms with Gasteiger partial charge in [0.05, 0.1) is 0 Å². The maximum atomic E-state index is 13.5. The van der Waals surface area contributed by atoms with E-state index in [2.05, 4.69) is 5.32 Å². The van der Waals surface area contributed by atoms with Crippen LogP contribution >= 0.6 is 11.3 Å². The molecule has 0 radical (unpaired) electrons. The van der Waals surface area contributed by atoms with Gasteiger partial charge in [-0.3, -0.25) is 0 Å². The van der Waals surface area contributed by atoms with E-state index >= 15 is 0 Å². The average molecular weight is 283 g/mol. The molecule has 0 aliphatic carbocycles. The SMILES string of the molecule is CCCNC(c1ccc(CC)s1)C(F)(F)C(F)F. The first kappa shape index (κ1) is 15.4. The maximum absolute atomic E-state index is 13.5. The molecular weight excluding hydrogens is 266 g/mol. The Bertz CT molecular complexity index is 365. The van der Waals surface area contributed by atoms with Gasteiger partial charge in [-0.1, -0.05) is 13.8 Å². The lowest BCUT2D eigenvalue weighted by molar-refractivity contribution is -0.150. The second-order valence-corrected chi connectivity index (χ2v) is 5.22. The molecular formula is C12H17F4NS. The van der Waals surface area contributed by atoms with E-state index in [9.17, 15) is 17.6 Å². The third-order valence-corrected chi connectivity index (χ3v) is 3.88. The molecule has 1 N–H and O–H groups in total. The molecule has 1 aromatic rings. The lowest BCUT2D eigenvalue weighted by atomic mass is 10.1. The fourth-order valence-electron chi connectivity index (χ4n) is 1.58. The van der Waals surface area contributed by atoms with E-state index in [0.717, 1.165) is 16.2 Å². The topological polar surface area (TPSA) is 12.0 Å². The van der Waals surface area contributed by atoms with Gasteiger partial charge in [0.25, 0.3) is 0 Å². The Kier molecular flexibility index (Phi) is 5.59. The van der Waals surface area contributed by atoms with Crippen molar-refractivity contribution in [3.05, 3.63) is 21.9 Å². The van der Waals surface area contributed by atoms with E-state index in [1.807, 2.05) is 6.92 Å². The summed E-state index contributed by atoms with van der Waals surface area (Å²) in [5, 5.41) is 2.53. The van der Waals surface area contributed by atoms with E-state index in [0.29, 0.717) is 12.8 Å². The number of halogens is 4. The van der Waals surface area contributed by atoms with Gasteiger partial charge < -0.3 is 5.32 Å². The second-order valence-electron chi connectivity index (χ2n) is 4.02. The number of aryl methyl sites for hydroxylation is 1. The highest BCUT2D eigenvalue weighted by molar-refractivity contribution is 7.12.